The lowest BCUT2D eigenvalue weighted by molar-refractivity contribution is -0.136. The van der Waals surface area contributed by atoms with E-state index in [2.05, 4.69) is 10.3 Å². The van der Waals surface area contributed by atoms with Gasteiger partial charge in [-0.1, -0.05) is 38.2 Å². The number of rotatable bonds is 7. The van der Waals surface area contributed by atoms with Crippen molar-refractivity contribution < 1.29 is 39.1 Å². The molecule has 0 spiro atoms. The van der Waals surface area contributed by atoms with Crippen LogP contribution in [0.3, 0.4) is 0 Å². The van der Waals surface area contributed by atoms with E-state index in [1.54, 1.807) is 38.3 Å². The summed E-state index contributed by atoms with van der Waals surface area (Å²) in [6, 6.07) is 1.27. The van der Waals surface area contributed by atoms with Crippen molar-refractivity contribution in [2.45, 2.75) is 65.0 Å². The van der Waals surface area contributed by atoms with Crippen LogP contribution in [0.15, 0.2) is 46.5 Å². The Morgan fingerprint density at radius 2 is 1.86 bits per heavy atom. The van der Waals surface area contributed by atoms with Gasteiger partial charge in [0.05, 0.1) is 17.9 Å². The van der Waals surface area contributed by atoms with E-state index >= 15 is 0 Å². The largest absolute Gasteiger partial charge is 0.506 e. The number of anilines is 1. The zero-order valence-electron chi connectivity index (χ0n) is 26.4. The first-order valence-electron chi connectivity index (χ1n) is 14.3. The van der Waals surface area contributed by atoms with E-state index in [4.69, 9.17) is 14.2 Å². The summed E-state index contributed by atoms with van der Waals surface area (Å²) in [5, 5.41) is 36.2. The van der Waals surface area contributed by atoms with Crippen LogP contribution in [0.25, 0.3) is 0 Å². The highest BCUT2D eigenvalue weighted by Gasteiger charge is 2.29. The van der Waals surface area contributed by atoms with Gasteiger partial charge in [0.1, 0.15) is 23.3 Å². The minimum atomic E-state index is -0.909. The fourth-order valence-corrected chi connectivity index (χ4v) is 4.99. The van der Waals surface area contributed by atoms with Crippen molar-refractivity contribution in [2.24, 2.45) is 16.8 Å². The molecule has 2 rings (SSSR count). The number of methoxy groups -OCH3 is 2. The lowest BCUT2D eigenvalue weighted by atomic mass is 9.87. The molecule has 0 radical (unpaired) electrons. The van der Waals surface area contributed by atoms with Crippen LogP contribution in [0.4, 0.5) is 11.4 Å². The van der Waals surface area contributed by atoms with Crippen molar-refractivity contribution in [2.75, 3.05) is 40.2 Å². The van der Waals surface area contributed by atoms with Crippen molar-refractivity contribution in [3.63, 3.8) is 0 Å². The van der Waals surface area contributed by atoms with Crippen molar-refractivity contribution in [3.05, 3.63) is 47.1 Å². The highest BCUT2D eigenvalue weighted by Crippen LogP contribution is 2.44. The molecule has 1 aliphatic rings. The first kappa shape index (κ1) is 35.7. The predicted octanol–water partition coefficient (Wildman–Crippen LogP) is 3.90. The van der Waals surface area contributed by atoms with E-state index in [1.807, 2.05) is 38.9 Å². The Balaban J connectivity index is 2.67. The van der Waals surface area contributed by atoms with Gasteiger partial charge in [-0.25, -0.2) is 0 Å². The molecular weight excluding hydrogens is 554 g/mol. The Kier molecular flexibility index (Phi) is 14.1. The summed E-state index contributed by atoms with van der Waals surface area (Å²) >= 11 is 0. The molecule has 11 heteroatoms. The van der Waals surface area contributed by atoms with E-state index in [9.17, 15) is 24.9 Å². The van der Waals surface area contributed by atoms with Crippen LogP contribution in [-0.2, 0) is 30.2 Å². The Bertz CT molecular complexity index is 1220. The number of carbonyl (C=O) groups is 2. The van der Waals surface area contributed by atoms with E-state index in [0.29, 0.717) is 36.1 Å². The Morgan fingerprint density at radius 3 is 2.47 bits per heavy atom. The monoisotopic (exact) mass is 601 g/mol. The molecule has 1 amide bonds. The molecule has 0 aliphatic carbocycles. The van der Waals surface area contributed by atoms with Crippen LogP contribution >= 0.6 is 0 Å². The maximum absolute atomic E-state index is 13.0. The van der Waals surface area contributed by atoms with Crippen LogP contribution in [0.5, 0.6) is 11.5 Å². The number of hydrogen-bond acceptors (Lipinski definition) is 10. The molecule has 2 bridgehead atoms. The molecule has 0 aromatic heterocycles. The highest BCUT2D eigenvalue weighted by atomic mass is 16.6. The quantitative estimate of drug-likeness (QED) is 0.120. The maximum atomic E-state index is 13.0. The molecular formula is C32H47N3O8. The normalized spacial score (nSPS) is 28.2. The summed E-state index contributed by atoms with van der Waals surface area (Å²) in [5.74, 6) is -1.42. The number of allylic oxidation sites excluding steroid dienone is 2. The van der Waals surface area contributed by atoms with Crippen molar-refractivity contribution in [3.8, 4) is 11.5 Å². The molecule has 4 N–H and O–H groups in total. The minimum absolute atomic E-state index is 0.0388. The average molecular weight is 602 g/mol. The first-order chi connectivity index (χ1) is 20.3. The van der Waals surface area contributed by atoms with Crippen LogP contribution in [0.1, 0.15) is 39.7 Å². The second kappa shape index (κ2) is 17.0. The van der Waals surface area contributed by atoms with Gasteiger partial charge >= 0.3 is 0 Å². The van der Waals surface area contributed by atoms with Gasteiger partial charge in [-0.3, -0.25) is 14.6 Å². The van der Waals surface area contributed by atoms with Gasteiger partial charge in [-0.2, -0.15) is 0 Å². The standard InChI is InChI=1S/C32H47N3O8/c1-19-14-23-28(33-12-13-35(5)6)25(37)17-24(30(23)39)34-32(40)20(2)10-9-11-26(41-7)31(43-18-36)22(4)16-21(3)29(38)27(15-19)42-8/h9-12,16-19,21,26-27,29,31,37-39H,13-15H2,1-8H3,(H,34,40)/b11-9-,20-10+,22-16?,33-12?/t19-,21+,26+,27+,29-,31+/m1/s1. The minimum Gasteiger partial charge on any atom is -0.506 e. The van der Waals surface area contributed by atoms with Crippen molar-refractivity contribution in [1.29, 1.82) is 0 Å². The molecule has 1 aromatic rings. The Morgan fingerprint density at radius 1 is 1.16 bits per heavy atom. The van der Waals surface area contributed by atoms with Gasteiger partial charge in [0, 0.05) is 50.1 Å². The third-order valence-corrected chi connectivity index (χ3v) is 7.43. The summed E-state index contributed by atoms with van der Waals surface area (Å²) in [6.07, 6.45) is 6.02. The number of aliphatic imine (C=N–C) groups is 1. The van der Waals surface area contributed by atoms with Gasteiger partial charge < -0.3 is 39.7 Å². The number of ether oxygens (including phenoxy) is 3. The first-order valence-corrected chi connectivity index (χ1v) is 14.3. The number of phenolic OH excluding ortho intramolecular Hbond substituents is 2. The number of hydrogen-bond donors (Lipinski definition) is 4. The van der Waals surface area contributed by atoms with Gasteiger partial charge in [-0.05, 0) is 52.3 Å². The molecule has 6 atom stereocenters. The molecule has 1 heterocycles. The summed E-state index contributed by atoms with van der Waals surface area (Å²) in [5.41, 5.74) is 1.59. The van der Waals surface area contributed by atoms with Crippen LogP contribution in [0, 0.1) is 11.8 Å². The van der Waals surface area contributed by atoms with Crippen molar-refractivity contribution in [1.82, 2.24) is 4.90 Å². The molecule has 43 heavy (non-hydrogen) atoms. The van der Waals surface area contributed by atoms with Gasteiger partial charge in [0.2, 0.25) is 0 Å². The summed E-state index contributed by atoms with van der Waals surface area (Å²) in [4.78, 5) is 30.7. The third-order valence-electron chi connectivity index (χ3n) is 7.43. The Labute approximate surface area is 254 Å². The van der Waals surface area contributed by atoms with Gasteiger partial charge in [0.15, 0.2) is 6.10 Å². The Hall–Kier alpha value is -3.51. The average Bonchev–Trinajstić information content (AvgIpc) is 2.95. The summed E-state index contributed by atoms with van der Waals surface area (Å²) in [7, 11) is 6.77. The number of aromatic hydroxyl groups is 2. The number of aliphatic hydroxyl groups excluding tert-OH is 1. The fourth-order valence-electron chi connectivity index (χ4n) is 4.99. The van der Waals surface area contributed by atoms with Crippen LogP contribution in [0.2, 0.25) is 0 Å². The third kappa shape index (κ3) is 10.0. The molecule has 0 saturated carbocycles. The molecule has 1 aromatic carbocycles. The molecule has 11 nitrogen and oxygen atoms in total. The lowest BCUT2D eigenvalue weighted by Crippen LogP contribution is -2.36. The van der Waals surface area contributed by atoms with E-state index in [0.717, 1.165) is 0 Å². The van der Waals surface area contributed by atoms with Gasteiger partial charge in [-0.15, -0.1) is 0 Å². The zero-order valence-corrected chi connectivity index (χ0v) is 26.4. The van der Waals surface area contributed by atoms with E-state index < -0.39 is 30.3 Å². The lowest BCUT2D eigenvalue weighted by Gasteiger charge is -2.29. The number of aliphatic hydroxyl groups is 1. The van der Waals surface area contributed by atoms with Crippen LogP contribution in [-0.4, -0.2) is 98.1 Å². The maximum Gasteiger partial charge on any atom is 0.293 e. The zero-order chi connectivity index (χ0) is 32.3. The number of nitrogens with zero attached hydrogens (tertiary/aromatic N) is 2. The number of carbonyl (C=O) groups excluding carboxylic acids is 2. The second-order valence-corrected chi connectivity index (χ2v) is 11.3. The second-order valence-electron chi connectivity index (χ2n) is 11.3. The number of benzene rings is 1. The number of fused-ring (bicyclic) bond motifs is 2. The summed E-state index contributed by atoms with van der Waals surface area (Å²) in [6.45, 7) is 8.04. The molecule has 1 aliphatic heterocycles. The number of nitrogens with one attached hydrogen (secondary N) is 1. The molecule has 0 unspecified atom stereocenters. The molecule has 0 saturated heterocycles. The molecule has 0 fully saturated rings. The topological polar surface area (TPSA) is 150 Å². The van der Waals surface area contributed by atoms with Gasteiger partial charge in [0.25, 0.3) is 12.4 Å². The smallest absolute Gasteiger partial charge is 0.293 e. The highest BCUT2D eigenvalue weighted by molar-refractivity contribution is 6.04. The molecule has 238 valence electrons. The number of amides is 1. The predicted molar refractivity (Wildman–Crippen MR) is 167 cm³/mol. The number of phenols is 2. The fraction of sp³-hybridized carbons (Fsp3) is 0.531. The van der Waals surface area contributed by atoms with Crippen LogP contribution < -0.4 is 5.32 Å². The van der Waals surface area contributed by atoms with E-state index in [1.165, 1.54) is 20.3 Å². The SMILES string of the molecule is CO[C@H]1/C=C\C=C(/C)C(=O)Nc2cc(O)c(N=CCN(C)C)c(c2O)C[C@@H](C)C[C@H](OC)[C@H](O)[C@@H](C)C=C(C)[C@@H]1OC=O. The van der Waals surface area contributed by atoms with Crippen molar-refractivity contribution >= 4 is 30.0 Å². The van der Waals surface area contributed by atoms with E-state index in [-0.39, 0.29) is 41.1 Å². The summed E-state index contributed by atoms with van der Waals surface area (Å²) < 4.78 is 16.6.